The third-order valence-corrected chi connectivity index (χ3v) is 2.39. The van der Waals surface area contributed by atoms with Crippen molar-refractivity contribution in [3.05, 3.63) is 33.4 Å². The Balaban J connectivity index is 2.55. The second-order valence-corrected chi connectivity index (χ2v) is 3.22. The molecule has 0 bridgehead atoms. The Morgan fingerprint density at radius 2 is 1.92 bits per heavy atom. The molecule has 1 N–H and O–H groups in total. The van der Waals surface area contributed by atoms with Gasteiger partial charge in [0.2, 0.25) is 0 Å². The number of nitro groups is 1. The van der Waals surface area contributed by atoms with Crippen LogP contribution < -0.4 is 0 Å². The molecule has 0 saturated carbocycles. The zero-order chi connectivity index (χ0) is 9.42. The van der Waals surface area contributed by atoms with Crippen LogP contribution in [-0.2, 0) is 12.8 Å². The van der Waals surface area contributed by atoms with Crippen molar-refractivity contribution in [2.75, 3.05) is 0 Å². The summed E-state index contributed by atoms with van der Waals surface area (Å²) >= 11 is 0. The molecule has 68 valence electrons. The van der Waals surface area contributed by atoms with Gasteiger partial charge < -0.3 is 5.11 Å². The first-order chi connectivity index (χ1) is 6.18. The van der Waals surface area contributed by atoms with E-state index in [-0.39, 0.29) is 11.4 Å². The summed E-state index contributed by atoms with van der Waals surface area (Å²) in [6.07, 6.45) is 2.83. The lowest BCUT2D eigenvalue weighted by atomic mass is 10.1. The van der Waals surface area contributed by atoms with E-state index in [1.54, 1.807) is 0 Å². The van der Waals surface area contributed by atoms with Gasteiger partial charge in [-0.05, 0) is 36.5 Å². The van der Waals surface area contributed by atoms with Gasteiger partial charge in [-0.3, -0.25) is 10.1 Å². The van der Waals surface area contributed by atoms with E-state index in [1.807, 2.05) is 0 Å². The summed E-state index contributed by atoms with van der Waals surface area (Å²) in [6.45, 7) is 0. The van der Waals surface area contributed by atoms with E-state index in [4.69, 9.17) is 0 Å². The lowest BCUT2D eigenvalue weighted by molar-refractivity contribution is -0.385. The van der Waals surface area contributed by atoms with Gasteiger partial charge in [0.15, 0.2) is 5.75 Å². The summed E-state index contributed by atoms with van der Waals surface area (Å²) in [7, 11) is 0. The first kappa shape index (κ1) is 8.04. The van der Waals surface area contributed by atoms with Crippen LogP contribution in [0, 0.1) is 10.1 Å². The number of phenols is 1. The molecule has 1 aromatic rings. The Morgan fingerprint density at radius 1 is 1.31 bits per heavy atom. The quantitative estimate of drug-likeness (QED) is 0.528. The zero-order valence-electron chi connectivity index (χ0n) is 6.99. The molecule has 0 atom stereocenters. The van der Waals surface area contributed by atoms with E-state index < -0.39 is 4.92 Å². The molecular weight excluding hydrogens is 170 g/mol. The van der Waals surface area contributed by atoms with Gasteiger partial charge in [0.05, 0.1) is 4.92 Å². The highest BCUT2D eigenvalue weighted by atomic mass is 16.6. The minimum absolute atomic E-state index is 0.180. The van der Waals surface area contributed by atoms with Crippen molar-refractivity contribution >= 4 is 5.69 Å². The molecule has 0 aliphatic heterocycles. The highest BCUT2D eigenvalue weighted by molar-refractivity contribution is 5.52. The molecule has 0 unspecified atom stereocenters. The number of hydrogen-bond donors (Lipinski definition) is 1. The molecule has 1 aliphatic rings. The van der Waals surface area contributed by atoms with Crippen LogP contribution in [-0.4, -0.2) is 10.0 Å². The third-order valence-electron chi connectivity index (χ3n) is 2.39. The molecular formula is C9H9NO3. The van der Waals surface area contributed by atoms with E-state index >= 15 is 0 Å². The average Bonchev–Trinajstić information content (AvgIpc) is 2.48. The van der Waals surface area contributed by atoms with Crippen molar-refractivity contribution < 1.29 is 10.0 Å². The Kier molecular flexibility index (Phi) is 1.69. The van der Waals surface area contributed by atoms with Crippen LogP contribution in [0.3, 0.4) is 0 Å². The largest absolute Gasteiger partial charge is 0.502 e. The van der Waals surface area contributed by atoms with Crippen molar-refractivity contribution in [1.82, 2.24) is 0 Å². The van der Waals surface area contributed by atoms with Gasteiger partial charge >= 0.3 is 5.69 Å². The Labute approximate surface area is 75.0 Å². The second-order valence-electron chi connectivity index (χ2n) is 3.22. The topological polar surface area (TPSA) is 63.4 Å². The molecule has 0 spiro atoms. The van der Waals surface area contributed by atoms with Crippen molar-refractivity contribution in [1.29, 1.82) is 0 Å². The first-order valence-corrected chi connectivity index (χ1v) is 4.17. The van der Waals surface area contributed by atoms with E-state index in [0.717, 1.165) is 30.4 Å². The number of benzene rings is 1. The van der Waals surface area contributed by atoms with Crippen LogP contribution >= 0.6 is 0 Å². The van der Waals surface area contributed by atoms with Gasteiger partial charge in [0.1, 0.15) is 0 Å². The van der Waals surface area contributed by atoms with Crippen molar-refractivity contribution in [3.8, 4) is 5.75 Å². The smallest absolute Gasteiger partial charge is 0.310 e. The van der Waals surface area contributed by atoms with Crippen LogP contribution in [0.15, 0.2) is 12.1 Å². The van der Waals surface area contributed by atoms with E-state index in [2.05, 4.69) is 0 Å². The summed E-state index contributed by atoms with van der Waals surface area (Å²) in [5.41, 5.74) is 1.87. The molecule has 1 aromatic carbocycles. The molecule has 0 aromatic heterocycles. The molecule has 4 heteroatoms. The van der Waals surface area contributed by atoms with E-state index in [1.165, 1.54) is 12.1 Å². The van der Waals surface area contributed by atoms with Gasteiger partial charge in [-0.15, -0.1) is 0 Å². The maximum absolute atomic E-state index is 10.5. The summed E-state index contributed by atoms with van der Waals surface area (Å²) in [4.78, 5) is 9.92. The Hall–Kier alpha value is -1.58. The fraction of sp³-hybridized carbons (Fsp3) is 0.333. The average molecular weight is 179 g/mol. The molecule has 0 radical (unpaired) electrons. The molecule has 0 amide bonds. The summed E-state index contributed by atoms with van der Waals surface area (Å²) in [6, 6.07) is 3.00. The van der Waals surface area contributed by atoms with Crippen LogP contribution in [0.5, 0.6) is 5.75 Å². The van der Waals surface area contributed by atoms with Crippen molar-refractivity contribution in [2.45, 2.75) is 19.3 Å². The first-order valence-electron chi connectivity index (χ1n) is 4.17. The van der Waals surface area contributed by atoms with Crippen LogP contribution in [0.25, 0.3) is 0 Å². The highest BCUT2D eigenvalue weighted by Crippen LogP contribution is 2.33. The van der Waals surface area contributed by atoms with Crippen molar-refractivity contribution in [2.24, 2.45) is 0 Å². The van der Waals surface area contributed by atoms with Gasteiger partial charge in [-0.1, -0.05) is 0 Å². The van der Waals surface area contributed by atoms with Crippen LogP contribution in [0.4, 0.5) is 5.69 Å². The third kappa shape index (κ3) is 1.24. The van der Waals surface area contributed by atoms with E-state index in [0.29, 0.717) is 0 Å². The number of aromatic hydroxyl groups is 1. The number of phenolic OH excluding ortho intramolecular Hbond substituents is 1. The van der Waals surface area contributed by atoms with Gasteiger partial charge in [-0.2, -0.15) is 0 Å². The number of aryl methyl sites for hydroxylation is 2. The standard InChI is InChI=1S/C9H9NO3/c11-9-5-7-3-1-2-6(7)4-8(9)10(12)13/h4-5,11H,1-3H2. The molecule has 4 nitrogen and oxygen atoms in total. The molecule has 0 heterocycles. The molecule has 1 aliphatic carbocycles. The summed E-state index contributed by atoms with van der Waals surface area (Å²) in [5, 5.41) is 19.8. The van der Waals surface area contributed by atoms with E-state index in [9.17, 15) is 15.2 Å². The number of nitrogens with zero attached hydrogens (tertiary/aromatic N) is 1. The lowest BCUT2D eigenvalue weighted by Crippen LogP contribution is -1.91. The minimum Gasteiger partial charge on any atom is -0.502 e. The fourth-order valence-electron chi connectivity index (χ4n) is 1.74. The monoisotopic (exact) mass is 179 g/mol. The minimum atomic E-state index is -0.548. The van der Waals surface area contributed by atoms with Crippen LogP contribution in [0.2, 0.25) is 0 Å². The fourth-order valence-corrected chi connectivity index (χ4v) is 1.74. The van der Waals surface area contributed by atoms with Crippen LogP contribution in [0.1, 0.15) is 17.5 Å². The van der Waals surface area contributed by atoms with Gasteiger partial charge in [0.25, 0.3) is 0 Å². The molecule has 2 rings (SSSR count). The number of nitro benzene ring substituents is 1. The maximum atomic E-state index is 10.5. The highest BCUT2D eigenvalue weighted by Gasteiger charge is 2.19. The predicted molar refractivity (Wildman–Crippen MR) is 46.8 cm³/mol. The lowest BCUT2D eigenvalue weighted by Gasteiger charge is -2.00. The molecule has 13 heavy (non-hydrogen) atoms. The maximum Gasteiger partial charge on any atom is 0.310 e. The van der Waals surface area contributed by atoms with Gasteiger partial charge in [-0.25, -0.2) is 0 Å². The second kappa shape index (κ2) is 2.73. The predicted octanol–water partition coefficient (Wildman–Crippen LogP) is 1.79. The Bertz CT molecular complexity index is 373. The molecule has 0 saturated heterocycles. The molecule has 0 fully saturated rings. The number of rotatable bonds is 1. The van der Waals surface area contributed by atoms with Crippen molar-refractivity contribution in [3.63, 3.8) is 0 Å². The number of hydrogen-bond acceptors (Lipinski definition) is 3. The SMILES string of the molecule is O=[N+]([O-])c1cc2c(cc1O)CCC2. The summed E-state index contributed by atoms with van der Waals surface area (Å²) in [5.74, 6) is -0.217. The Morgan fingerprint density at radius 3 is 2.54 bits per heavy atom. The normalized spacial score (nSPS) is 14.2. The zero-order valence-corrected chi connectivity index (χ0v) is 6.99. The van der Waals surface area contributed by atoms with Gasteiger partial charge in [0, 0.05) is 6.07 Å². The summed E-state index contributed by atoms with van der Waals surface area (Å²) < 4.78 is 0. The number of fused-ring (bicyclic) bond motifs is 1.